The van der Waals surface area contributed by atoms with Crippen LogP contribution in [0.5, 0.6) is 0 Å². The van der Waals surface area contributed by atoms with Crippen molar-refractivity contribution in [3.63, 3.8) is 0 Å². The molecule has 0 aliphatic carbocycles. The van der Waals surface area contributed by atoms with E-state index >= 15 is 0 Å². The number of fused-ring (bicyclic) bond motifs is 1. The summed E-state index contributed by atoms with van der Waals surface area (Å²) >= 11 is 0. The molecule has 6 nitrogen and oxygen atoms in total. The van der Waals surface area contributed by atoms with Gasteiger partial charge in [0.2, 0.25) is 0 Å². The average molecular weight is 368 g/mol. The molecule has 28 heavy (non-hydrogen) atoms. The SMILES string of the molecule is CCc1oc2ccc(C#N)c(C(=O)Nc3cnccn3)c2c1-c1ccccc1. The second kappa shape index (κ2) is 7.33. The molecule has 1 amide bonds. The lowest BCUT2D eigenvalue weighted by atomic mass is 9.94. The molecule has 0 atom stereocenters. The molecule has 2 aromatic heterocycles. The Balaban J connectivity index is 1.98. The number of carbonyl (C=O) groups is 1. The number of aromatic nitrogens is 2. The number of nitriles is 1. The summed E-state index contributed by atoms with van der Waals surface area (Å²) in [5.41, 5.74) is 2.88. The number of furan rings is 1. The second-order valence-electron chi connectivity index (χ2n) is 6.14. The number of hydrogen-bond acceptors (Lipinski definition) is 5. The highest BCUT2D eigenvalue weighted by atomic mass is 16.3. The molecule has 0 saturated carbocycles. The fourth-order valence-electron chi connectivity index (χ4n) is 3.27. The summed E-state index contributed by atoms with van der Waals surface area (Å²) in [5.74, 6) is 0.655. The summed E-state index contributed by atoms with van der Waals surface area (Å²) in [6.07, 6.45) is 5.12. The fraction of sp³-hybridized carbons (Fsp3) is 0.0909. The minimum atomic E-state index is -0.428. The molecular formula is C22H16N4O2. The number of benzene rings is 2. The van der Waals surface area contributed by atoms with Crippen LogP contribution < -0.4 is 5.32 Å². The molecule has 2 heterocycles. The predicted octanol–water partition coefficient (Wildman–Crippen LogP) is 4.58. The lowest BCUT2D eigenvalue weighted by molar-refractivity contribution is 0.102. The van der Waals surface area contributed by atoms with Gasteiger partial charge in [0.25, 0.3) is 5.91 Å². The molecule has 0 unspecified atom stereocenters. The topological polar surface area (TPSA) is 91.8 Å². The third-order valence-corrected chi connectivity index (χ3v) is 4.46. The van der Waals surface area contributed by atoms with Crippen LogP contribution in [0.25, 0.3) is 22.1 Å². The summed E-state index contributed by atoms with van der Waals surface area (Å²) in [5, 5.41) is 13.0. The zero-order chi connectivity index (χ0) is 19.5. The number of hydrogen-bond donors (Lipinski definition) is 1. The highest BCUT2D eigenvalue weighted by Crippen LogP contribution is 2.38. The molecule has 0 bridgehead atoms. The molecule has 6 heteroatoms. The second-order valence-corrected chi connectivity index (χ2v) is 6.14. The first-order valence-electron chi connectivity index (χ1n) is 8.84. The molecule has 0 aliphatic rings. The number of carbonyl (C=O) groups excluding carboxylic acids is 1. The van der Waals surface area contributed by atoms with E-state index in [0.717, 1.165) is 16.9 Å². The van der Waals surface area contributed by atoms with Crippen LogP contribution in [0.3, 0.4) is 0 Å². The first kappa shape index (κ1) is 17.4. The van der Waals surface area contributed by atoms with Crippen LogP contribution >= 0.6 is 0 Å². The molecule has 0 saturated heterocycles. The smallest absolute Gasteiger partial charge is 0.258 e. The third kappa shape index (κ3) is 2.99. The van der Waals surface area contributed by atoms with Crippen LogP contribution in [0.1, 0.15) is 28.6 Å². The van der Waals surface area contributed by atoms with Crippen LogP contribution in [0.15, 0.2) is 65.5 Å². The van der Waals surface area contributed by atoms with E-state index in [4.69, 9.17) is 4.42 Å². The van der Waals surface area contributed by atoms with E-state index in [0.29, 0.717) is 23.2 Å². The van der Waals surface area contributed by atoms with Crippen LogP contribution in [0.4, 0.5) is 5.82 Å². The fourth-order valence-corrected chi connectivity index (χ4v) is 3.27. The van der Waals surface area contributed by atoms with Crippen molar-refractivity contribution in [2.75, 3.05) is 5.32 Å². The van der Waals surface area contributed by atoms with Gasteiger partial charge in [-0.3, -0.25) is 9.78 Å². The van der Waals surface area contributed by atoms with Gasteiger partial charge in [0.15, 0.2) is 5.82 Å². The Morgan fingerprint density at radius 3 is 2.68 bits per heavy atom. The van der Waals surface area contributed by atoms with Gasteiger partial charge in [-0.25, -0.2) is 4.98 Å². The molecule has 0 fully saturated rings. The zero-order valence-corrected chi connectivity index (χ0v) is 15.1. The largest absolute Gasteiger partial charge is 0.460 e. The third-order valence-electron chi connectivity index (χ3n) is 4.46. The Morgan fingerprint density at radius 2 is 2.00 bits per heavy atom. The molecular weight excluding hydrogens is 352 g/mol. The zero-order valence-electron chi connectivity index (χ0n) is 15.1. The summed E-state index contributed by atoms with van der Waals surface area (Å²) in [6, 6.07) is 15.2. The molecule has 4 aromatic rings. The standard InChI is InChI=1S/C22H16N4O2/c1-2-16-19(14-6-4-3-5-7-14)21-17(28-16)9-8-15(12-23)20(21)22(27)26-18-13-24-10-11-25-18/h3-11,13H,2H2,1H3,(H,25,26,27). The van der Waals surface area contributed by atoms with Crippen molar-refractivity contribution in [3.05, 3.63) is 77.9 Å². The van der Waals surface area contributed by atoms with Crippen molar-refractivity contribution in [2.45, 2.75) is 13.3 Å². The normalized spacial score (nSPS) is 10.6. The molecule has 0 aliphatic heterocycles. The van der Waals surface area contributed by atoms with E-state index in [1.807, 2.05) is 37.3 Å². The highest BCUT2D eigenvalue weighted by Gasteiger charge is 2.24. The average Bonchev–Trinajstić information content (AvgIpc) is 3.12. The van der Waals surface area contributed by atoms with Crippen molar-refractivity contribution in [3.8, 4) is 17.2 Å². The number of anilines is 1. The van der Waals surface area contributed by atoms with Gasteiger partial charge in [-0.05, 0) is 17.7 Å². The quantitative estimate of drug-likeness (QED) is 0.569. The van der Waals surface area contributed by atoms with Gasteiger partial charge in [-0.1, -0.05) is 37.3 Å². The molecule has 136 valence electrons. The van der Waals surface area contributed by atoms with E-state index in [1.165, 1.54) is 18.6 Å². The van der Waals surface area contributed by atoms with Gasteiger partial charge >= 0.3 is 0 Å². The van der Waals surface area contributed by atoms with Crippen LogP contribution in [-0.2, 0) is 6.42 Å². The number of amides is 1. The Bertz CT molecular complexity index is 1190. The minimum absolute atomic E-state index is 0.271. The Labute approximate surface area is 161 Å². The van der Waals surface area contributed by atoms with E-state index in [1.54, 1.807) is 12.1 Å². The maximum atomic E-state index is 13.1. The van der Waals surface area contributed by atoms with Crippen LogP contribution in [0.2, 0.25) is 0 Å². The molecule has 1 N–H and O–H groups in total. The van der Waals surface area contributed by atoms with Crippen LogP contribution in [0, 0.1) is 11.3 Å². The summed E-state index contributed by atoms with van der Waals surface area (Å²) in [7, 11) is 0. The van der Waals surface area contributed by atoms with Gasteiger partial charge in [0.1, 0.15) is 11.3 Å². The maximum Gasteiger partial charge on any atom is 0.258 e. The Kier molecular flexibility index (Phi) is 4.56. The van der Waals surface area contributed by atoms with E-state index in [2.05, 4.69) is 21.4 Å². The summed E-state index contributed by atoms with van der Waals surface area (Å²) < 4.78 is 6.03. The molecule has 4 rings (SSSR count). The lowest BCUT2D eigenvalue weighted by Gasteiger charge is -2.09. The number of rotatable bonds is 4. The highest BCUT2D eigenvalue weighted by molar-refractivity contribution is 6.17. The Hall–Kier alpha value is -3.98. The molecule has 2 aromatic carbocycles. The van der Waals surface area contributed by atoms with Crippen molar-refractivity contribution >= 4 is 22.7 Å². The number of aryl methyl sites for hydroxylation is 1. The first-order chi connectivity index (χ1) is 13.7. The van der Waals surface area contributed by atoms with Gasteiger partial charge in [0, 0.05) is 29.8 Å². The van der Waals surface area contributed by atoms with Crippen molar-refractivity contribution < 1.29 is 9.21 Å². The molecule has 0 spiro atoms. The van der Waals surface area contributed by atoms with E-state index < -0.39 is 5.91 Å². The van der Waals surface area contributed by atoms with Crippen molar-refractivity contribution in [2.24, 2.45) is 0 Å². The molecule has 0 radical (unpaired) electrons. The maximum absolute atomic E-state index is 13.1. The summed E-state index contributed by atoms with van der Waals surface area (Å²) in [6.45, 7) is 1.99. The van der Waals surface area contributed by atoms with E-state index in [-0.39, 0.29) is 11.1 Å². The van der Waals surface area contributed by atoms with E-state index in [9.17, 15) is 10.1 Å². The Morgan fingerprint density at radius 1 is 1.18 bits per heavy atom. The van der Waals surface area contributed by atoms with Gasteiger partial charge in [-0.15, -0.1) is 0 Å². The monoisotopic (exact) mass is 368 g/mol. The van der Waals surface area contributed by atoms with Gasteiger partial charge in [0.05, 0.1) is 23.4 Å². The lowest BCUT2D eigenvalue weighted by Crippen LogP contribution is -2.15. The minimum Gasteiger partial charge on any atom is -0.460 e. The first-order valence-corrected chi connectivity index (χ1v) is 8.84. The van der Waals surface area contributed by atoms with Crippen molar-refractivity contribution in [1.29, 1.82) is 5.26 Å². The van der Waals surface area contributed by atoms with Crippen LogP contribution in [-0.4, -0.2) is 15.9 Å². The number of nitrogens with one attached hydrogen (secondary N) is 1. The summed E-state index contributed by atoms with van der Waals surface area (Å²) in [4.78, 5) is 21.2. The van der Waals surface area contributed by atoms with Gasteiger partial charge in [-0.2, -0.15) is 5.26 Å². The van der Waals surface area contributed by atoms with Crippen molar-refractivity contribution in [1.82, 2.24) is 9.97 Å². The number of nitrogens with zero attached hydrogens (tertiary/aromatic N) is 3. The predicted molar refractivity (Wildman–Crippen MR) is 106 cm³/mol. The van der Waals surface area contributed by atoms with Gasteiger partial charge < -0.3 is 9.73 Å².